The van der Waals surface area contributed by atoms with E-state index in [2.05, 4.69) is 21.2 Å². The summed E-state index contributed by atoms with van der Waals surface area (Å²) < 4.78 is 14.0. The Balaban J connectivity index is 1.77. The van der Waals surface area contributed by atoms with E-state index in [1.165, 1.54) is 12.1 Å². The molecule has 108 valence electrons. The highest BCUT2D eigenvalue weighted by atomic mass is 79.9. The van der Waals surface area contributed by atoms with Gasteiger partial charge in [0.25, 0.3) is 5.91 Å². The molecule has 20 heavy (non-hydrogen) atoms. The van der Waals surface area contributed by atoms with Gasteiger partial charge in [-0.1, -0.05) is 0 Å². The highest BCUT2D eigenvalue weighted by molar-refractivity contribution is 9.10. The van der Waals surface area contributed by atoms with Gasteiger partial charge in [0, 0.05) is 17.6 Å². The van der Waals surface area contributed by atoms with Crippen LogP contribution in [0.1, 0.15) is 29.6 Å². The Morgan fingerprint density at radius 2 is 2.05 bits per heavy atom. The third-order valence-electron chi connectivity index (χ3n) is 4.55. The van der Waals surface area contributed by atoms with E-state index < -0.39 is 0 Å². The summed E-state index contributed by atoms with van der Waals surface area (Å²) in [5, 5.41) is 3.37. The molecule has 0 radical (unpaired) electrons. The van der Waals surface area contributed by atoms with E-state index in [0.717, 1.165) is 45.4 Å². The van der Waals surface area contributed by atoms with Crippen LogP contribution in [0, 0.1) is 11.2 Å². The number of hydrogen-bond donors (Lipinski definition) is 1. The van der Waals surface area contributed by atoms with Crippen molar-refractivity contribution in [2.45, 2.75) is 19.3 Å². The molecule has 2 heterocycles. The maximum atomic E-state index is 13.3. The minimum atomic E-state index is -0.368. The van der Waals surface area contributed by atoms with E-state index in [9.17, 15) is 9.18 Å². The molecule has 2 fully saturated rings. The molecule has 2 aliphatic heterocycles. The number of carbonyl (C=O) groups excluding carboxylic acids is 1. The molecule has 0 atom stereocenters. The van der Waals surface area contributed by atoms with Gasteiger partial charge in [0.2, 0.25) is 0 Å². The van der Waals surface area contributed by atoms with Crippen molar-refractivity contribution in [3.63, 3.8) is 0 Å². The van der Waals surface area contributed by atoms with Crippen molar-refractivity contribution in [2.24, 2.45) is 5.41 Å². The van der Waals surface area contributed by atoms with Crippen molar-refractivity contribution in [1.82, 2.24) is 10.2 Å². The summed E-state index contributed by atoms with van der Waals surface area (Å²) >= 11 is 3.34. The minimum absolute atomic E-state index is 0.0632. The highest BCUT2D eigenvalue weighted by Crippen LogP contribution is 2.39. The summed E-state index contributed by atoms with van der Waals surface area (Å²) in [5.41, 5.74) is 0.705. The first-order valence-corrected chi connectivity index (χ1v) is 7.84. The molecule has 1 aromatic rings. The highest BCUT2D eigenvalue weighted by Gasteiger charge is 2.40. The molecule has 2 saturated heterocycles. The molecule has 0 unspecified atom stereocenters. The number of rotatable bonds is 1. The molecule has 0 aromatic heterocycles. The van der Waals surface area contributed by atoms with Gasteiger partial charge in [-0.2, -0.15) is 0 Å². The average Bonchev–Trinajstić information content (AvgIpc) is 2.85. The molecule has 0 saturated carbocycles. The molecule has 1 aromatic carbocycles. The number of halogens is 2. The minimum Gasteiger partial charge on any atom is -0.338 e. The maximum Gasteiger partial charge on any atom is 0.255 e. The van der Waals surface area contributed by atoms with Gasteiger partial charge in [-0.3, -0.25) is 4.79 Å². The molecule has 2 aliphatic rings. The molecule has 0 aliphatic carbocycles. The lowest BCUT2D eigenvalue weighted by Crippen LogP contribution is -2.39. The predicted molar refractivity (Wildman–Crippen MR) is 79.2 cm³/mol. The second-order valence-corrected chi connectivity index (χ2v) is 6.71. The summed E-state index contributed by atoms with van der Waals surface area (Å²) in [6.07, 6.45) is 3.32. The van der Waals surface area contributed by atoms with Gasteiger partial charge in [0.15, 0.2) is 0 Å². The summed E-state index contributed by atoms with van der Waals surface area (Å²) in [5.74, 6) is -0.431. The fourth-order valence-electron chi connectivity index (χ4n) is 3.31. The Hall–Kier alpha value is -0.940. The van der Waals surface area contributed by atoms with E-state index >= 15 is 0 Å². The third-order valence-corrected chi connectivity index (χ3v) is 5.24. The fourth-order valence-corrected chi connectivity index (χ4v) is 3.72. The number of likely N-dealkylation sites (tertiary alicyclic amines) is 1. The number of amides is 1. The van der Waals surface area contributed by atoms with Crippen LogP contribution in [0.25, 0.3) is 0 Å². The molecule has 1 amide bonds. The van der Waals surface area contributed by atoms with Crippen LogP contribution in [-0.4, -0.2) is 37.0 Å². The van der Waals surface area contributed by atoms with Gasteiger partial charge in [-0.25, -0.2) is 4.39 Å². The third kappa shape index (κ3) is 2.61. The van der Waals surface area contributed by atoms with E-state index in [-0.39, 0.29) is 17.1 Å². The van der Waals surface area contributed by atoms with E-state index in [4.69, 9.17) is 0 Å². The van der Waals surface area contributed by atoms with Crippen LogP contribution in [-0.2, 0) is 0 Å². The Bertz CT molecular complexity index is 529. The Morgan fingerprint density at radius 3 is 2.80 bits per heavy atom. The van der Waals surface area contributed by atoms with Gasteiger partial charge in [0.1, 0.15) is 5.82 Å². The Kier molecular flexibility index (Phi) is 3.82. The van der Waals surface area contributed by atoms with Crippen LogP contribution in [0.15, 0.2) is 22.7 Å². The lowest BCUT2D eigenvalue weighted by Gasteiger charge is -2.33. The van der Waals surface area contributed by atoms with Gasteiger partial charge < -0.3 is 10.2 Å². The average molecular weight is 341 g/mol. The maximum absolute atomic E-state index is 13.3. The van der Waals surface area contributed by atoms with E-state index in [1.54, 1.807) is 6.07 Å². The van der Waals surface area contributed by atoms with Gasteiger partial charge in [-0.15, -0.1) is 0 Å². The largest absolute Gasteiger partial charge is 0.338 e. The lowest BCUT2D eigenvalue weighted by atomic mass is 9.78. The zero-order valence-electron chi connectivity index (χ0n) is 11.3. The first-order valence-electron chi connectivity index (χ1n) is 7.05. The number of benzene rings is 1. The van der Waals surface area contributed by atoms with Crippen molar-refractivity contribution >= 4 is 21.8 Å². The number of nitrogens with one attached hydrogen (secondary N) is 1. The number of hydrogen-bond acceptors (Lipinski definition) is 2. The second kappa shape index (κ2) is 5.45. The van der Waals surface area contributed by atoms with Crippen molar-refractivity contribution < 1.29 is 9.18 Å². The SMILES string of the molecule is O=C(c1cc(F)ccc1Br)N1CCC2(CCNCC2)C1. The van der Waals surface area contributed by atoms with Crippen LogP contribution in [0.2, 0.25) is 0 Å². The number of piperidine rings is 1. The van der Waals surface area contributed by atoms with Gasteiger partial charge in [0.05, 0.1) is 5.56 Å². The van der Waals surface area contributed by atoms with E-state index in [0.29, 0.717) is 10.0 Å². The monoisotopic (exact) mass is 340 g/mol. The van der Waals surface area contributed by atoms with Crippen molar-refractivity contribution in [3.8, 4) is 0 Å². The predicted octanol–water partition coefficient (Wildman–Crippen LogP) is 2.80. The van der Waals surface area contributed by atoms with Gasteiger partial charge >= 0.3 is 0 Å². The Morgan fingerprint density at radius 1 is 1.30 bits per heavy atom. The molecular weight excluding hydrogens is 323 g/mol. The zero-order valence-corrected chi connectivity index (χ0v) is 12.9. The Labute approximate surface area is 126 Å². The first-order chi connectivity index (χ1) is 9.60. The van der Waals surface area contributed by atoms with Crippen LogP contribution in [0.4, 0.5) is 4.39 Å². The number of nitrogens with zero attached hydrogens (tertiary/aromatic N) is 1. The fraction of sp³-hybridized carbons (Fsp3) is 0.533. The lowest BCUT2D eigenvalue weighted by molar-refractivity contribution is 0.0760. The number of carbonyl (C=O) groups is 1. The van der Waals surface area contributed by atoms with Crippen molar-refractivity contribution in [2.75, 3.05) is 26.2 Å². The van der Waals surface area contributed by atoms with E-state index in [1.807, 2.05) is 4.90 Å². The second-order valence-electron chi connectivity index (χ2n) is 5.85. The van der Waals surface area contributed by atoms with Gasteiger partial charge in [-0.05, 0) is 71.9 Å². The molecular formula is C15H18BrFN2O. The van der Waals surface area contributed by atoms with Crippen LogP contribution in [0.5, 0.6) is 0 Å². The standard InChI is InChI=1S/C15H18BrFN2O/c16-13-2-1-11(17)9-12(13)14(20)19-8-5-15(10-19)3-6-18-7-4-15/h1-2,9,18H,3-8,10H2. The molecule has 0 bridgehead atoms. The summed E-state index contributed by atoms with van der Waals surface area (Å²) in [6.45, 7) is 3.65. The smallest absolute Gasteiger partial charge is 0.255 e. The van der Waals surface area contributed by atoms with Crippen LogP contribution in [0.3, 0.4) is 0 Å². The molecule has 1 N–H and O–H groups in total. The molecule has 3 nitrogen and oxygen atoms in total. The zero-order chi connectivity index (χ0) is 14.2. The van der Waals surface area contributed by atoms with Crippen LogP contribution < -0.4 is 5.32 Å². The molecule has 5 heteroatoms. The first kappa shape index (κ1) is 14.0. The summed E-state index contributed by atoms with van der Waals surface area (Å²) in [4.78, 5) is 14.4. The summed E-state index contributed by atoms with van der Waals surface area (Å²) in [6, 6.07) is 4.28. The van der Waals surface area contributed by atoms with Crippen molar-refractivity contribution in [1.29, 1.82) is 0 Å². The normalized spacial score (nSPS) is 21.4. The van der Waals surface area contributed by atoms with Crippen molar-refractivity contribution in [3.05, 3.63) is 34.1 Å². The molecule has 1 spiro atoms. The molecule has 3 rings (SSSR count). The quantitative estimate of drug-likeness (QED) is 0.852. The van der Waals surface area contributed by atoms with Crippen LogP contribution >= 0.6 is 15.9 Å². The summed E-state index contributed by atoms with van der Waals surface area (Å²) in [7, 11) is 0. The topological polar surface area (TPSA) is 32.3 Å².